The zero-order chi connectivity index (χ0) is 20.0. The van der Waals surface area contributed by atoms with Gasteiger partial charge in [0.1, 0.15) is 5.69 Å². The second-order valence-corrected chi connectivity index (χ2v) is 7.17. The number of anilines is 2. The smallest absolute Gasteiger partial charge is 0.212 e. The van der Waals surface area contributed by atoms with Crippen molar-refractivity contribution in [3.8, 4) is 11.1 Å². The van der Waals surface area contributed by atoms with Crippen LogP contribution in [0.3, 0.4) is 0 Å². The van der Waals surface area contributed by atoms with Crippen molar-refractivity contribution in [3.63, 3.8) is 0 Å². The molecule has 28 heavy (non-hydrogen) atoms. The van der Waals surface area contributed by atoms with Crippen molar-refractivity contribution in [2.75, 3.05) is 17.3 Å². The fourth-order valence-corrected chi connectivity index (χ4v) is 3.55. The molecule has 0 atom stereocenters. The first-order chi connectivity index (χ1) is 13.4. The lowest BCUT2D eigenvalue weighted by molar-refractivity contribution is -0.105. The number of hydrogen-bond donors (Lipinski definition) is 2. The molecule has 0 aliphatic heterocycles. The number of hydrogen-bond acceptors (Lipinski definition) is 4. The number of nitrogens with zero attached hydrogens (tertiary/aromatic N) is 4. The summed E-state index contributed by atoms with van der Waals surface area (Å²) < 4.78 is 16.9. The third-order valence-corrected chi connectivity index (χ3v) is 5.21. The van der Waals surface area contributed by atoms with Gasteiger partial charge in [-0.2, -0.15) is 10.2 Å². The first-order valence-electron chi connectivity index (χ1n) is 8.69. The summed E-state index contributed by atoms with van der Waals surface area (Å²) in [5.41, 5.74) is 2.99. The van der Waals surface area contributed by atoms with E-state index in [1.807, 2.05) is 31.9 Å². The molecule has 4 rings (SSSR count). The predicted octanol–water partition coefficient (Wildman–Crippen LogP) is 4.08. The molecule has 1 aromatic carbocycles. The quantitative estimate of drug-likeness (QED) is 0.495. The molecule has 0 aliphatic rings. The summed E-state index contributed by atoms with van der Waals surface area (Å²) in [6, 6.07) is 5.43. The number of rotatable bonds is 5. The maximum absolute atomic E-state index is 15.3. The number of nitrogens with one attached hydrogen (secondary N) is 2. The predicted molar refractivity (Wildman–Crippen MR) is 108 cm³/mol. The van der Waals surface area contributed by atoms with Crippen molar-refractivity contribution >= 4 is 45.9 Å². The normalized spacial score (nSPS) is 11.5. The largest absolute Gasteiger partial charge is 0.368 e. The Morgan fingerprint density at radius 1 is 1.39 bits per heavy atom. The minimum Gasteiger partial charge on any atom is -0.368 e. The standard InChI is InChI=1S/C19H18ClFN6O/c1-10(2)26(3)19-17(21)16(20)15(13-8-23-24-18(13)19)11-4-5-27-12(6-11)7-14(25-27)22-9-28/h4-10H,1-3H3,(H,23,24)(H,22,25,28). The Labute approximate surface area is 165 Å². The summed E-state index contributed by atoms with van der Waals surface area (Å²) >= 11 is 6.50. The van der Waals surface area contributed by atoms with Crippen molar-refractivity contribution in [1.82, 2.24) is 19.8 Å². The number of carbonyl (C=O) groups excluding carboxylic acids is 1. The first-order valence-corrected chi connectivity index (χ1v) is 9.07. The Hall–Kier alpha value is -3.13. The summed E-state index contributed by atoms with van der Waals surface area (Å²) in [7, 11) is 1.82. The number of amides is 1. The molecule has 2 N–H and O–H groups in total. The van der Waals surface area contributed by atoms with E-state index in [0.717, 1.165) is 16.5 Å². The Kier molecular flexibility index (Phi) is 4.43. The van der Waals surface area contributed by atoms with E-state index in [2.05, 4.69) is 20.6 Å². The van der Waals surface area contributed by atoms with E-state index >= 15 is 4.39 Å². The molecule has 9 heteroatoms. The number of pyridine rings is 1. The number of halogens is 2. The van der Waals surface area contributed by atoms with Crippen molar-refractivity contribution in [1.29, 1.82) is 0 Å². The highest BCUT2D eigenvalue weighted by atomic mass is 35.5. The summed E-state index contributed by atoms with van der Waals surface area (Å²) in [6.07, 6.45) is 3.94. The minimum atomic E-state index is -0.499. The number of carbonyl (C=O) groups is 1. The highest BCUT2D eigenvalue weighted by molar-refractivity contribution is 6.36. The van der Waals surface area contributed by atoms with Crippen LogP contribution in [-0.2, 0) is 4.79 Å². The van der Waals surface area contributed by atoms with Crippen LogP contribution in [0.15, 0.2) is 30.6 Å². The Morgan fingerprint density at radius 2 is 2.18 bits per heavy atom. The van der Waals surface area contributed by atoms with E-state index < -0.39 is 5.82 Å². The molecule has 0 radical (unpaired) electrons. The molecule has 3 heterocycles. The fraction of sp³-hybridized carbons (Fsp3) is 0.211. The van der Waals surface area contributed by atoms with E-state index in [1.54, 1.807) is 29.0 Å². The van der Waals surface area contributed by atoms with Gasteiger partial charge < -0.3 is 10.2 Å². The minimum absolute atomic E-state index is 0.0338. The lowest BCUT2D eigenvalue weighted by atomic mass is 10.0. The molecule has 144 valence electrons. The van der Waals surface area contributed by atoms with Crippen LogP contribution < -0.4 is 10.2 Å². The average Bonchev–Trinajstić information content (AvgIpc) is 3.28. The number of benzene rings is 1. The lowest BCUT2D eigenvalue weighted by Gasteiger charge is -2.26. The Bertz CT molecular complexity index is 1200. The topological polar surface area (TPSA) is 78.3 Å². The maximum Gasteiger partial charge on any atom is 0.212 e. The molecule has 0 unspecified atom stereocenters. The van der Waals surface area contributed by atoms with E-state index in [4.69, 9.17) is 11.6 Å². The molecular weight excluding hydrogens is 383 g/mol. The van der Waals surface area contributed by atoms with Crippen LogP contribution in [0, 0.1) is 5.82 Å². The van der Waals surface area contributed by atoms with Crippen LogP contribution in [0.5, 0.6) is 0 Å². The summed E-state index contributed by atoms with van der Waals surface area (Å²) in [5, 5.41) is 14.5. The molecule has 1 amide bonds. The lowest BCUT2D eigenvalue weighted by Crippen LogP contribution is -2.27. The maximum atomic E-state index is 15.3. The first kappa shape index (κ1) is 18.2. The molecular formula is C19H18ClFN6O. The highest BCUT2D eigenvalue weighted by Gasteiger charge is 2.24. The van der Waals surface area contributed by atoms with Crippen LogP contribution >= 0.6 is 11.6 Å². The number of aromatic amines is 1. The average molecular weight is 401 g/mol. The second kappa shape index (κ2) is 6.79. The van der Waals surface area contributed by atoms with Gasteiger partial charge in [-0.3, -0.25) is 9.89 Å². The van der Waals surface area contributed by atoms with Gasteiger partial charge in [0.15, 0.2) is 11.6 Å². The van der Waals surface area contributed by atoms with Crippen LogP contribution in [0.25, 0.3) is 27.5 Å². The molecule has 0 spiro atoms. The molecule has 0 saturated carbocycles. The van der Waals surface area contributed by atoms with E-state index in [9.17, 15) is 4.79 Å². The summed E-state index contributed by atoms with van der Waals surface area (Å²) in [4.78, 5) is 12.5. The highest BCUT2D eigenvalue weighted by Crippen LogP contribution is 2.43. The zero-order valence-electron chi connectivity index (χ0n) is 15.5. The van der Waals surface area contributed by atoms with E-state index in [-0.39, 0.29) is 11.1 Å². The Morgan fingerprint density at radius 3 is 2.89 bits per heavy atom. The summed E-state index contributed by atoms with van der Waals surface area (Å²) in [6.45, 7) is 3.95. The molecule has 0 fully saturated rings. The van der Waals surface area contributed by atoms with Gasteiger partial charge in [-0.15, -0.1) is 0 Å². The van der Waals surface area contributed by atoms with Gasteiger partial charge in [0.2, 0.25) is 6.41 Å². The van der Waals surface area contributed by atoms with Gasteiger partial charge in [-0.05, 0) is 31.5 Å². The van der Waals surface area contributed by atoms with Crippen molar-refractivity contribution in [2.24, 2.45) is 0 Å². The van der Waals surface area contributed by atoms with E-state index in [1.165, 1.54) is 0 Å². The van der Waals surface area contributed by atoms with Crippen LogP contribution in [0.2, 0.25) is 5.02 Å². The van der Waals surface area contributed by atoms with Crippen molar-refractivity contribution < 1.29 is 9.18 Å². The molecule has 4 aromatic rings. The fourth-order valence-electron chi connectivity index (χ4n) is 3.25. The third kappa shape index (κ3) is 2.77. The van der Waals surface area contributed by atoms with Crippen molar-refractivity contribution in [2.45, 2.75) is 19.9 Å². The van der Waals surface area contributed by atoms with Crippen molar-refractivity contribution in [3.05, 3.63) is 41.4 Å². The molecule has 0 saturated heterocycles. The van der Waals surface area contributed by atoms with E-state index in [0.29, 0.717) is 29.0 Å². The molecule has 0 aliphatic carbocycles. The number of H-pyrrole nitrogens is 1. The second-order valence-electron chi connectivity index (χ2n) is 6.79. The SMILES string of the molecule is CC(C)N(C)c1c(F)c(Cl)c(-c2ccn3nc(NC=O)cc3c2)c2cn[nH]c12. The molecule has 7 nitrogen and oxygen atoms in total. The molecule has 3 aromatic heterocycles. The van der Waals surface area contributed by atoms with Crippen LogP contribution in [0.1, 0.15) is 13.8 Å². The number of fused-ring (bicyclic) bond motifs is 2. The van der Waals surface area contributed by atoms with Gasteiger partial charge in [-0.1, -0.05) is 11.6 Å². The van der Waals surface area contributed by atoms with Gasteiger partial charge in [0.05, 0.1) is 22.3 Å². The van der Waals surface area contributed by atoms with Gasteiger partial charge in [-0.25, -0.2) is 8.91 Å². The molecule has 0 bridgehead atoms. The van der Waals surface area contributed by atoms with Gasteiger partial charge >= 0.3 is 0 Å². The summed E-state index contributed by atoms with van der Waals surface area (Å²) in [5.74, 6) is -0.0758. The van der Waals surface area contributed by atoms with Gasteiger partial charge in [0.25, 0.3) is 0 Å². The zero-order valence-corrected chi connectivity index (χ0v) is 16.3. The van der Waals surface area contributed by atoms with Crippen LogP contribution in [-0.4, -0.2) is 39.3 Å². The van der Waals surface area contributed by atoms with Crippen LogP contribution in [0.4, 0.5) is 15.9 Å². The number of aromatic nitrogens is 4. The van der Waals surface area contributed by atoms with Gasteiger partial charge in [0, 0.05) is 36.3 Å². The monoisotopic (exact) mass is 400 g/mol. The third-order valence-electron chi connectivity index (χ3n) is 4.85. The Balaban J connectivity index is 1.95.